The number of aryl methyl sites for hydroxylation is 1. The van der Waals surface area contributed by atoms with Gasteiger partial charge in [-0.3, -0.25) is 9.48 Å². The molecule has 0 radical (unpaired) electrons. The van der Waals surface area contributed by atoms with Gasteiger partial charge in [-0.15, -0.1) is 11.8 Å². The molecule has 1 N–H and O–H groups in total. The Kier molecular flexibility index (Phi) is 7.55. The summed E-state index contributed by atoms with van der Waals surface area (Å²) in [4.78, 5) is 13.1. The van der Waals surface area contributed by atoms with E-state index < -0.39 is 0 Å². The zero-order valence-corrected chi connectivity index (χ0v) is 17.3. The van der Waals surface area contributed by atoms with Gasteiger partial charge in [-0.1, -0.05) is 0 Å². The summed E-state index contributed by atoms with van der Waals surface area (Å²) in [7, 11) is 4.88. The second kappa shape index (κ2) is 9.66. The van der Waals surface area contributed by atoms with E-state index in [4.69, 9.17) is 14.2 Å². The van der Waals surface area contributed by atoms with E-state index in [0.717, 1.165) is 17.9 Å². The predicted molar refractivity (Wildman–Crippen MR) is 107 cm³/mol. The molecule has 0 saturated carbocycles. The summed E-state index contributed by atoms with van der Waals surface area (Å²) in [5, 5.41) is 7.14. The van der Waals surface area contributed by atoms with Gasteiger partial charge in [0.2, 0.25) is 5.91 Å². The Morgan fingerprint density at radius 1 is 1.22 bits per heavy atom. The number of nitrogens with one attached hydrogen (secondary N) is 1. The molecule has 0 atom stereocenters. The quantitative estimate of drug-likeness (QED) is 0.623. The van der Waals surface area contributed by atoms with Crippen molar-refractivity contribution in [2.45, 2.75) is 37.3 Å². The van der Waals surface area contributed by atoms with Gasteiger partial charge in [0.1, 0.15) is 0 Å². The summed E-state index contributed by atoms with van der Waals surface area (Å²) in [6.07, 6.45) is 4.30. The van der Waals surface area contributed by atoms with E-state index >= 15 is 0 Å². The minimum absolute atomic E-state index is 0.0912. The lowest BCUT2D eigenvalue weighted by molar-refractivity contribution is -0.113. The molecule has 1 amide bonds. The van der Waals surface area contributed by atoms with Crippen molar-refractivity contribution < 1.29 is 19.0 Å². The van der Waals surface area contributed by atoms with Crippen LogP contribution in [0.2, 0.25) is 0 Å². The number of carbonyl (C=O) groups is 1. The van der Waals surface area contributed by atoms with E-state index in [1.54, 1.807) is 32.2 Å². The molecule has 0 saturated heterocycles. The maximum absolute atomic E-state index is 12.2. The standard InChI is InChI=1S/C19H27N3O4S/c1-19(2,26-5)8-9-22-12-14(11-20-22)21-18(23)13-27-15-6-7-16(24-3)17(10-15)25-4/h6-7,10-12H,8-9,13H2,1-5H3,(H,21,23). The fraction of sp³-hybridized carbons (Fsp3) is 0.474. The molecule has 0 spiro atoms. The second-order valence-corrected chi connectivity index (χ2v) is 7.61. The van der Waals surface area contributed by atoms with Crippen LogP contribution in [0.1, 0.15) is 20.3 Å². The predicted octanol–water partition coefficient (Wildman–Crippen LogP) is 3.45. The first-order chi connectivity index (χ1) is 12.9. The number of ether oxygens (including phenoxy) is 3. The summed E-state index contributed by atoms with van der Waals surface area (Å²) < 4.78 is 17.7. The van der Waals surface area contributed by atoms with Crippen LogP contribution in [0.5, 0.6) is 11.5 Å². The monoisotopic (exact) mass is 393 g/mol. The van der Waals surface area contributed by atoms with Crippen molar-refractivity contribution in [2.24, 2.45) is 0 Å². The molecular weight excluding hydrogens is 366 g/mol. The van der Waals surface area contributed by atoms with Gasteiger partial charge in [0.15, 0.2) is 11.5 Å². The van der Waals surface area contributed by atoms with E-state index in [0.29, 0.717) is 17.2 Å². The SMILES string of the molecule is COc1ccc(SCC(=O)Nc2cnn(CCC(C)(C)OC)c2)cc1OC. The zero-order valence-electron chi connectivity index (χ0n) is 16.4. The number of carbonyl (C=O) groups excluding carboxylic acids is 1. The van der Waals surface area contributed by atoms with Crippen LogP contribution in [0.3, 0.4) is 0 Å². The van der Waals surface area contributed by atoms with Crippen molar-refractivity contribution in [1.82, 2.24) is 9.78 Å². The summed E-state index contributed by atoms with van der Waals surface area (Å²) in [6.45, 7) is 4.78. The number of rotatable bonds is 10. The number of hydrogen-bond acceptors (Lipinski definition) is 6. The van der Waals surface area contributed by atoms with E-state index in [1.807, 2.05) is 38.2 Å². The number of hydrogen-bond donors (Lipinski definition) is 1. The highest BCUT2D eigenvalue weighted by Gasteiger charge is 2.16. The van der Waals surface area contributed by atoms with Crippen molar-refractivity contribution in [3.05, 3.63) is 30.6 Å². The van der Waals surface area contributed by atoms with Gasteiger partial charge in [0.25, 0.3) is 0 Å². The Bertz CT molecular complexity index is 761. The molecular formula is C19H27N3O4S. The fourth-order valence-electron chi connectivity index (χ4n) is 2.29. The normalized spacial score (nSPS) is 11.3. The molecule has 0 fully saturated rings. The largest absolute Gasteiger partial charge is 0.493 e. The number of aromatic nitrogens is 2. The van der Waals surface area contributed by atoms with Gasteiger partial charge >= 0.3 is 0 Å². The number of methoxy groups -OCH3 is 3. The maximum atomic E-state index is 12.2. The lowest BCUT2D eigenvalue weighted by Gasteiger charge is -2.22. The van der Waals surface area contributed by atoms with Crippen molar-refractivity contribution in [1.29, 1.82) is 0 Å². The Hall–Kier alpha value is -2.19. The molecule has 7 nitrogen and oxygen atoms in total. The molecule has 1 heterocycles. The molecule has 8 heteroatoms. The summed E-state index contributed by atoms with van der Waals surface area (Å²) in [5.41, 5.74) is 0.481. The first-order valence-corrected chi connectivity index (χ1v) is 9.57. The molecule has 0 aliphatic carbocycles. The lowest BCUT2D eigenvalue weighted by atomic mass is 10.1. The highest BCUT2D eigenvalue weighted by Crippen LogP contribution is 2.31. The fourth-order valence-corrected chi connectivity index (χ4v) is 3.01. The average Bonchev–Trinajstić information content (AvgIpc) is 3.12. The van der Waals surface area contributed by atoms with Crippen molar-refractivity contribution in [2.75, 3.05) is 32.4 Å². The van der Waals surface area contributed by atoms with Crippen LogP contribution < -0.4 is 14.8 Å². The van der Waals surface area contributed by atoms with Crippen molar-refractivity contribution in [3.8, 4) is 11.5 Å². The third-order valence-corrected chi connectivity index (χ3v) is 5.13. The van der Waals surface area contributed by atoms with E-state index in [1.165, 1.54) is 11.8 Å². The highest BCUT2D eigenvalue weighted by atomic mass is 32.2. The molecule has 2 rings (SSSR count). The molecule has 0 bridgehead atoms. The van der Waals surface area contributed by atoms with Gasteiger partial charge < -0.3 is 19.5 Å². The molecule has 2 aromatic rings. The molecule has 0 unspecified atom stereocenters. The van der Waals surface area contributed by atoms with Gasteiger partial charge in [-0.05, 0) is 38.5 Å². The van der Waals surface area contributed by atoms with Gasteiger partial charge in [-0.25, -0.2) is 0 Å². The summed E-state index contributed by atoms with van der Waals surface area (Å²) in [5.74, 6) is 1.50. The lowest BCUT2D eigenvalue weighted by Crippen LogP contribution is -2.24. The van der Waals surface area contributed by atoms with E-state index in [9.17, 15) is 4.79 Å². The smallest absolute Gasteiger partial charge is 0.234 e. The topological polar surface area (TPSA) is 74.6 Å². The Labute approximate surface area is 164 Å². The van der Waals surface area contributed by atoms with Gasteiger partial charge in [-0.2, -0.15) is 5.10 Å². The highest BCUT2D eigenvalue weighted by molar-refractivity contribution is 8.00. The number of nitrogens with zero attached hydrogens (tertiary/aromatic N) is 2. The molecule has 1 aromatic carbocycles. The van der Waals surface area contributed by atoms with Crippen LogP contribution in [0, 0.1) is 0 Å². The molecule has 148 valence electrons. The average molecular weight is 394 g/mol. The van der Waals surface area contributed by atoms with Crippen LogP contribution in [-0.4, -0.2) is 48.4 Å². The molecule has 27 heavy (non-hydrogen) atoms. The van der Waals surface area contributed by atoms with Crippen LogP contribution in [0.4, 0.5) is 5.69 Å². The number of anilines is 1. The van der Waals surface area contributed by atoms with Crippen LogP contribution in [-0.2, 0) is 16.1 Å². The van der Waals surface area contributed by atoms with Crippen molar-refractivity contribution >= 4 is 23.4 Å². The Morgan fingerprint density at radius 2 is 1.96 bits per heavy atom. The maximum Gasteiger partial charge on any atom is 0.234 e. The third kappa shape index (κ3) is 6.48. The zero-order chi connectivity index (χ0) is 19.9. The second-order valence-electron chi connectivity index (χ2n) is 6.56. The van der Waals surface area contributed by atoms with Crippen molar-refractivity contribution in [3.63, 3.8) is 0 Å². The van der Waals surface area contributed by atoms with E-state index in [2.05, 4.69) is 10.4 Å². The first-order valence-electron chi connectivity index (χ1n) is 8.59. The molecule has 0 aliphatic rings. The van der Waals surface area contributed by atoms with Gasteiger partial charge in [0.05, 0.1) is 37.5 Å². The molecule has 1 aromatic heterocycles. The minimum Gasteiger partial charge on any atom is -0.493 e. The first kappa shape index (κ1) is 21.1. The minimum atomic E-state index is -0.203. The van der Waals surface area contributed by atoms with Gasteiger partial charge in [0, 0.05) is 24.7 Å². The van der Waals surface area contributed by atoms with Crippen LogP contribution >= 0.6 is 11.8 Å². The third-order valence-electron chi connectivity index (χ3n) is 4.14. The summed E-state index contributed by atoms with van der Waals surface area (Å²) in [6, 6.07) is 5.58. The van der Waals surface area contributed by atoms with Crippen LogP contribution in [0.15, 0.2) is 35.5 Å². The molecule has 0 aliphatic heterocycles. The number of thioether (sulfide) groups is 1. The van der Waals surface area contributed by atoms with E-state index in [-0.39, 0.29) is 17.3 Å². The Morgan fingerprint density at radius 3 is 2.63 bits per heavy atom. The number of benzene rings is 1. The van der Waals surface area contributed by atoms with Crippen LogP contribution in [0.25, 0.3) is 0 Å². The summed E-state index contributed by atoms with van der Waals surface area (Å²) >= 11 is 1.43. The Balaban J connectivity index is 1.84. The number of amides is 1.